The second-order valence-corrected chi connectivity index (χ2v) is 4.60. The lowest BCUT2D eigenvalue weighted by molar-refractivity contribution is 0.390. The normalized spacial score (nSPS) is 15.6. The molecular weight excluding hydrogens is 291 g/mol. The van der Waals surface area contributed by atoms with Crippen LogP contribution in [0, 0.1) is 3.57 Å². The van der Waals surface area contributed by atoms with Crippen LogP contribution in [0.15, 0.2) is 12.3 Å². The van der Waals surface area contributed by atoms with Gasteiger partial charge >= 0.3 is 0 Å². The molecule has 3 nitrogen and oxygen atoms in total. The number of methoxy groups -OCH3 is 1. The number of hydrogen-bond acceptors (Lipinski definition) is 3. The maximum atomic E-state index is 5.22. The van der Waals surface area contributed by atoms with Gasteiger partial charge in [-0.05, 0) is 41.5 Å². The van der Waals surface area contributed by atoms with Crippen molar-refractivity contribution in [1.82, 2.24) is 10.3 Å². The zero-order valence-corrected chi connectivity index (χ0v) is 10.2. The highest BCUT2D eigenvalue weighted by Gasteiger charge is 2.21. The first kappa shape index (κ1) is 10.2. The second-order valence-electron chi connectivity index (χ2n) is 3.44. The fourth-order valence-electron chi connectivity index (χ4n) is 1.32. The van der Waals surface area contributed by atoms with Crippen LogP contribution >= 0.6 is 22.6 Å². The monoisotopic (exact) mass is 304 g/mol. The molecular formula is C10H13IN2O. The molecule has 14 heavy (non-hydrogen) atoms. The Labute approximate surface area is 97.4 Å². The molecule has 0 amide bonds. The minimum atomic E-state index is 0.718. The van der Waals surface area contributed by atoms with Gasteiger partial charge in [-0.1, -0.05) is 0 Å². The number of nitrogens with zero attached hydrogens (tertiary/aromatic N) is 1. The van der Waals surface area contributed by atoms with E-state index in [2.05, 4.69) is 32.9 Å². The number of nitrogens with one attached hydrogen (secondary N) is 1. The average Bonchev–Trinajstić information content (AvgIpc) is 2.99. The Morgan fingerprint density at radius 3 is 3.07 bits per heavy atom. The largest absolute Gasteiger partial charge is 0.481 e. The van der Waals surface area contributed by atoms with Crippen molar-refractivity contribution in [2.45, 2.75) is 25.4 Å². The molecule has 1 aromatic rings. The first-order valence-electron chi connectivity index (χ1n) is 4.72. The first-order valence-corrected chi connectivity index (χ1v) is 5.80. The van der Waals surface area contributed by atoms with Crippen LogP contribution in [-0.2, 0) is 6.54 Å². The highest BCUT2D eigenvalue weighted by molar-refractivity contribution is 14.1. The van der Waals surface area contributed by atoms with Gasteiger partial charge in [-0.3, -0.25) is 0 Å². The van der Waals surface area contributed by atoms with E-state index in [1.165, 1.54) is 22.0 Å². The number of halogens is 1. The minimum Gasteiger partial charge on any atom is -0.481 e. The lowest BCUT2D eigenvalue weighted by Crippen LogP contribution is -2.17. The third-order valence-corrected chi connectivity index (χ3v) is 3.31. The van der Waals surface area contributed by atoms with Crippen LogP contribution < -0.4 is 10.1 Å². The van der Waals surface area contributed by atoms with E-state index in [0.717, 1.165) is 18.5 Å². The van der Waals surface area contributed by atoms with Gasteiger partial charge in [0.1, 0.15) is 0 Å². The Morgan fingerprint density at radius 1 is 1.64 bits per heavy atom. The lowest BCUT2D eigenvalue weighted by Gasteiger charge is -2.09. The molecule has 1 aliphatic carbocycles. The summed E-state index contributed by atoms with van der Waals surface area (Å²) in [6.07, 6.45) is 4.39. The Kier molecular flexibility index (Phi) is 3.22. The Bertz CT molecular complexity index is 326. The van der Waals surface area contributed by atoms with Gasteiger partial charge in [-0.15, -0.1) is 0 Å². The van der Waals surface area contributed by atoms with E-state index in [4.69, 9.17) is 4.74 Å². The fraction of sp³-hybridized carbons (Fsp3) is 0.500. The van der Waals surface area contributed by atoms with E-state index < -0.39 is 0 Å². The van der Waals surface area contributed by atoms with E-state index >= 15 is 0 Å². The van der Waals surface area contributed by atoms with Gasteiger partial charge in [-0.25, -0.2) is 4.98 Å². The molecule has 1 saturated carbocycles. The van der Waals surface area contributed by atoms with Crippen LogP contribution in [0.4, 0.5) is 0 Å². The molecule has 2 rings (SSSR count). The first-order chi connectivity index (χ1) is 6.81. The van der Waals surface area contributed by atoms with Crippen molar-refractivity contribution >= 4 is 22.6 Å². The molecule has 1 fully saturated rings. The van der Waals surface area contributed by atoms with E-state index in [-0.39, 0.29) is 0 Å². The van der Waals surface area contributed by atoms with Crippen molar-refractivity contribution in [3.63, 3.8) is 0 Å². The highest BCUT2D eigenvalue weighted by atomic mass is 127. The summed E-state index contributed by atoms with van der Waals surface area (Å²) < 4.78 is 6.43. The summed E-state index contributed by atoms with van der Waals surface area (Å²) in [5, 5.41) is 3.46. The molecule has 0 unspecified atom stereocenters. The molecule has 0 radical (unpaired) electrons. The molecule has 76 valence electrons. The van der Waals surface area contributed by atoms with E-state index in [9.17, 15) is 0 Å². The molecule has 1 N–H and O–H groups in total. The average molecular weight is 304 g/mol. The molecule has 4 heteroatoms. The minimum absolute atomic E-state index is 0.718. The molecule has 1 heterocycles. The molecule has 0 aromatic carbocycles. The summed E-state index contributed by atoms with van der Waals surface area (Å²) in [6, 6.07) is 2.73. The topological polar surface area (TPSA) is 34.1 Å². The van der Waals surface area contributed by atoms with Gasteiger partial charge in [0.2, 0.25) is 5.88 Å². The Hall–Kier alpha value is -0.360. The highest BCUT2D eigenvalue weighted by Crippen LogP contribution is 2.24. The summed E-state index contributed by atoms with van der Waals surface area (Å²) in [7, 11) is 1.67. The van der Waals surface area contributed by atoms with E-state index in [1.807, 2.05) is 6.07 Å². The van der Waals surface area contributed by atoms with Crippen molar-refractivity contribution in [2.75, 3.05) is 7.11 Å². The van der Waals surface area contributed by atoms with Crippen molar-refractivity contribution in [3.8, 4) is 5.88 Å². The number of ether oxygens (including phenoxy) is 1. The Morgan fingerprint density at radius 2 is 2.43 bits per heavy atom. The van der Waals surface area contributed by atoms with Crippen LogP contribution in [0.25, 0.3) is 0 Å². The zero-order valence-electron chi connectivity index (χ0n) is 8.09. The van der Waals surface area contributed by atoms with Gasteiger partial charge in [0, 0.05) is 27.9 Å². The van der Waals surface area contributed by atoms with Crippen molar-refractivity contribution in [2.24, 2.45) is 0 Å². The van der Waals surface area contributed by atoms with Gasteiger partial charge < -0.3 is 10.1 Å². The smallest absolute Gasteiger partial charge is 0.218 e. The SMILES string of the molecule is COc1nccc(I)c1CNC1CC1. The molecule has 0 aliphatic heterocycles. The van der Waals surface area contributed by atoms with Crippen molar-refractivity contribution in [1.29, 1.82) is 0 Å². The van der Waals surface area contributed by atoms with Crippen LogP contribution in [0.1, 0.15) is 18.4 Å². The predicted octanol–water partition coefficient (Wildman–Crippen LogP) is 1.95. The van der Waals surface area contributed by atoms with E-state index in [1.54, 1.807) is 13.3 Å². The van der Waals surface area contributed by atoms with Crippen LogP contribution in [0.2, 0.25) is 0 Å². The standard InChI is InChI=1S/C10H13IN2O/c1-14-10-8(6-13-7-2-3-7)9(11)4-5-12-10/h4-5,7,13H,2-3,6H2,1H3. The summed E-state index contributed by atoms with van der Waals surface area (Å²) in [5.41, 5.74) is 1.17. The molecule has 0 bridgehead atoms. The maximum absolute atomic E-state index is 5.22. The number of aromatic nitrogens is 1. The quantitative estimate of drug-likeness (QED) is 0.863. The molecule has 0 atom stereocenters. The summed E-state index contributed by atoms with van der Waals surface area (Å²) in [6.45, 7) is 0.861. The zero-order chi connectivity index (χ0) is 9.97. The number of rotatable bonds is 4. The maximum Gasteiger partial charge on any atom is 0.218 e. The van der Waals surface area contributed by atoms with Crippen molar-refractivity contribution < 1.29 is 4.74 Å². The van der Waals surface area contributed by atoms with Gasteiger partial charge in [0.15, 0.2) is 0 Å². The molecule has 1 aromatic heterocycles. The number of hydrogen-bond donors (Lipinski definition) is 1. The van der Waals surface area contributed by atoms with Gasteiger partial charge in [0.25, 0.3) is 0 Å². The Balaban J connectivity index is 2.11. The van der Waals surface area contributed by atoms with Gasteiger partial charge in [-0.2, -0.15) is 0 Å². The third-order valence-electron chi connectivity index (χ3n) is 2.30. The molecule has 0 spiro atoms. The van der Waals surface area contributed by atoms with Crippen LogP contribution in [0.5, 0.6) is 5.88 Å². The number of pyridine rings is 1. The fourth-order valence-corrected chi connectivity index (χ4v) is 1.90. The van der Waals surface area contributed by atoms with Crippen LogP contribution in [-0.4, -0.2) is 18.1 Å². The van der Waals surface area contributed by atoms with E-state index in [0.29, 0.717) is 0 Å². The van der Waals surface area contributed by atoms with Crippen molar-refractivity contribution in [3.05, 3.63) is 21.4 Å². The predicted molar refractivity (Wildman–Crippen MR) is 63.4 cm³/mol. The lowest BCUT2D eigenvalue weighted by atomic mass is 10.2. The van der Waals surface area contributed by atoms with Crippen LogP contribution in [0.3, 0.4) is 0 Å². The second kappa shape index (κ2) is 4.44. The third kappa shape index (κ3) is 2.36. The summed E-state index contributed by atoms with van der Waals surface area (Å²) in [5.74, 6) is 0.741. The summed E-state index contributed by atoms with van der Waals surface area (Å²) >= 11 is 2.32. The van der Waals surface area contributed by atoms with Gasteiger partial charge in [0.05, 0.1) is 7.11 Å². The molecule has 0 saturated heterocycles. The summed E-state index contributed by atoms with van der Waals surface area (Å²) in [4.78, 5) is 4.19. The molecule has 1 aliphatic rings.